The first-order valence-electron chi connectivity index (χ1n) is 6.25. The smallest absolute Gasteiger partial charge is 0.145 e. The van der Waals surface area contributed by atoms with Crippen LogP contribution in [0.1, 0.15) is 38.4 Å². The molecule has 0 aliphatic heterocycles. The van der Waals surface area contributed by atoms with Crippen LogP contribution in [-0.4, -0.2) is 30.2 Å². The summed E-state index contributed by atoms with van der Waals surface area (Å²) in [6.07, 6.45) is 2.08. The Morgan fingerprint density at radius 1 is 1.28 bits per heavy atom. The zero-order chi connectivity index (χ0) is 13.4. The number of hydrogen-bond donors (Lipinski definition) is 3. The van der Waals surface area contributed by atoms with Crippen molar-refractivity contribution in [2.75, 3.05) is 31.0 Å². The van der Waals surface area contributed by atoms with Crippen LogP contribution in [0.25, 0.3) is 0 Å². The molecule has 0 atom stereocenters. The van der Waals surface area contributed by atoms with Gasteiger partial charge in [-0.3, -0.25) is 0 Å². The zero-order valence-electron chi connectivity index (χ0n) is 11.4. The van der Waals surface area contributed by atoms with Gasteiger partial charge in [-0.15, -0.1) is 0 Å². The van der Waals surface area contributed by atoms with Gasteiger partial charge in [-0.25, -0.2) is 15.8 Å². The molecule has 0 bridgehead atoms. The minimum absolute atomic E-state index is 0.271. The second kappa shape index (κ2) is 7.84. The van der Waals surface area contributed by atoms with Crippen molar-refractivity contribution in [1.82, 2.24) is 9.97 Å². The van der Waals surface area contributed by atoms with Crippen molar-refractivity contribution >= 4 is 11.6 Å². The number of nitrogens with two attached hydrogens (primary N) is 1. The molecule has 6 nitrogen and oxygen atoms in total. The quantitative estimate of drug-likeness (QED) is 0.371. The summed E-state index contributed by atoms with van der Waals surface area (Å²) in [7, 11) is 1.71. The number of nitrogens with zero attached hydrogens (tertiary/aromatic N) is 2. The third-order valence-corrected chi connectivity index (χ3v) is 2.49. The number of rotatable bonds is 8. The summed E-state index contributed by atoms with van der Waals surface area (Å²) in [6, 6.07) is 1.81. The first-order valence-corrected chi connectivity index (χ1v) is 6.25. The van der Waals surface area contributed by atoms with Gasteiger partial charge < -0.3 is 15.5 Å². The maximum absolute atomic E-state index is 5.40. The van der Waals surface area contributed by atoms with E-state index in [1.54, 1.807) is 7.11 Å². The molecule has 1 aromatic rings. The van der Waals surface area contributed by atoms with Crippen LogP contribution in [0.4, 0.5) is 11.6 Å². The molecule has 4 N–H and O–H groups in total. The van der Waals surface area contributed by atoms with E-state index in [4.69, 9.17) is 10.6 Å². The van der Waals surface area contributed by atoms with Crippen molar-refractivity contribution in [3.8, 4) is 0 Å². The number of anilines is 2. The average Bonchev–Trinajstić information content (AvgIpc) is 2.38. The number of hydrazine groups is 1. The zero-order valence-corrected chi connectivity index (χ0v) is 11.4. The first-order chi connectivity index (χ1) is 8.67. The monoisotopic (exact) mass is 253 g/mol. The van der Waals surface area contributed by atoms with E-state index < -0.39 is 0 Å². The van der Waals surface area contributed by atoms with Gasteiger partial charge in [0.15, 0.2) is 0 Å². The standard InChI is InChI=1S/C12H23N5O/c1-9(2)12-15-10(8-11(16-12)17-13)14-6-4-5-7-18-3/h8-9H,4-7,13H2,1-3H3,(H2,14,15,16,17). The molecule has 0 radical (unpaired) electrons. The van der Waals surface area contributed by atoms with Crippen molar-refractivity contribution in [3.63, 3.8) is 0 Å². The van der Waals surface area contributed by atoms with Crippen molar-refractivity contribution < 1.29 is 4.74 Å². The molecule has 0 aliphatic carbocycles. The van der Waals surface area contributed by atoms with Crippen LogP contribution in [0.5, 0.6) is 0 Å². The highest BCUT2D eigenvalue weighted by Crippen LogP contribution is 2.16. The molecular weight excluding hydrogens is 230 g/mol. The van der Waals surface area contributed by atoms with Crippen molar-refractivity contribution in [2.45, 2.75) is 32.6 Å². The van der Waals surface area contributed by atoms with E-state index in [2.05, 4.69) is 34.6 Å². The normalized spacial score (nSPS) is 10.7. The van der Waals surface area contributed by atoms with Crippen LogP contribution in [0.2, 0.25) is 0 Å². The summed E-state index contributed by atoms with van der Waals surface area (Å²) in [5.74, 6) is 7.89. The Bertz CT molecular complexity index is 356. The van der Waals surface area contributed by atoms with Crippen LogP contribution in [0.3, 0.4) is 0 Å². The van der Waals surface area contributed by atoms with Gasteiger partial charge in [-0.05, 0) is 12.8 Å². The Hall–Kier alpha value is -1.40. The number of hydrogen-bond acceptors (Lipinski definition) is 6. The minimum Gasteiger partial charge on any atom is -0.385 e. The Morgan fingerprint density at radius 2 is 2.00 bits per heavy atom. The van der Waals surface area contributed by atoms with Crippen LogP contribution in [-0.2, 0) is 4.74 Å². The van der Waals surface area contributed by atoms with E-state index in [0.717, 1.165) is 37.6 Å². The molecule has 1 heterocycles. The van der Waals surface area contributed by atoms with Gasteiger partial charge in [0.25, 0.3) is 0 Å². The summed E-state index contributed by atoms with van der Waals surface area (Å²) >= 11 is 0. The lowest BCUT2D eigenvalue weighted by Gasteiger charge is -2.11. The van der Waals surface area contributed by atoms with Crippen LogP contribution >= 0.6 is 0 Å². The van der Waals surface area contributed by atoms with Crippen molar-refractivity contribution in [3.05, 3.63) is 11.9 Å². The van der Waals surface area contributed by atoms with Gasteiger partial charge in [0.05, 0.1) is 0 Å². The average molecular weight is 253 g/mol. The highest BCUT2D eigenvalue weighted by atomic mass is 16.5. The summed E-state index contributed by atoms with van der Waals surface area (Å²) < 4.78 is 5.00. The van der Waals surface area contributed by atoms with E-state index in [1.807, 2.05) is 6.07 Å². The molecule has 0 spiro atoms. The summed E-state index contributed by atoms with van der Waals surface area (Å²) in [5.41, 5.74) is 2.56. The molecule has 0 aromatic carbocycles. The molecule has 102 valence electrons. The third-order valence-electron chi connectivity index (χ3n) is 2.49. The fourth-order valence-corrected chi connectivity index (χ4v) is 1.48. The topological polar surface area (TPSA) is 85.1 Å². The van der Waals surface area contributed by atoms with E-state index in [1.165, 1.54) is 0 Å². The lowest BCUT2D eigenvalue weighted by molar-refractivity contribution is 0.194. The minimum atomic E-state index is 0.271. The third kappa shape index (κ3) is 4.85. The Labute approximate surface area is 108 Å². The lowest BCUT2D eigenvalue weighted by Crippen LogP contribution is -2.13. The van der Waals surface area contributed by atoms with E-state index in [9.17, 15) is 0 Å². The Balaban J connectivity index is 2.56. The second-order valence-electron chi connectivity index (χ2n) is 4.42. The molecular formula is C12H23N5O. The molecule has 6 heteroatoms. The van der Waals surface area contributed by atoms with E-state index in [0.29, 0.717) is 5.82 Å². The maximum Gasteiger partial charge on any atom is 0.145 e. The SMILES string of the molecule is COCCCCNc1cc(NN)nc(C(C)C)n1. The molecule has 0 fully saturated rings. The molecule has 0 saturated heterocycles. The van der Waals surface area contributed by atoms with Gasteiger partial charge in [-0.1, -0.05) is 13.8 Å². The van der Waals surface area contributed by atoms with Crippen molar-refractivity contribution in [2.24, 2.45) is 5.84 Å². The molecule has 0 saturated carbocycles. The van der Waals surface area contributed by atoms with Gasteiger partial charge in [0.1, 0.15) is 17.5 Å². The number of unbranched alkanes of at least 4 members (excludes halogenated alkanes) is 1. The summed E-state index contributed by atoms with van der Waals surface area (Å²) in [6.45, 7) is 5.76. The number of nitrogen functional groups attached to an aromatic ring is 1. The molecule has 0 amide bonds. The molecule has 1 rings (SSSR count). The van der Waals surface area contributed by atoms with Crippen LogP contribution in [0.15, 0.2) is 6.07 Å². The lowest BCUT2D eigenvalue weighted by atomic mass is 10.2. The molecule has 18 heavy (non-hydrogen) atoms. The largest absolute Gasteiger partial charge is 0.385 e. The number of aromatic nitrogens is 2. The highest BCUT2D eigenvalue weighted by Gasteiger charge is 2.07. The molecule has 1 aromatic heterocycles. The summed E-state index contributed by atoms with van der Waals surface area (Å²) in [5, 5.41) is 3.27. The predicted molar refractivity (Wildman–Crippen MR) is 73.5 cm³/mol. The molecule has 0 unspecified atom stereocenters. The van der Waals surface area contributed by atoms with Crippen LogP contribution in [0, 0.1) is 0 Å². The molecule has 0 aliphatic rings. The van der Waals surface area contributed by atoms with E-state index in [-0.39, 0.29) is 5.92 Å². The predicted octanol–water partition coefficient (Wildman–Crippen LogP) is 1.72. The second-order valence-corrected chi connectivity index (χ2v) is 4.42. The Morgan fingerprint density at radius 3 is 2.61 bits per heavy atom. The summed E-state index contributed by atoms with van der Waals surface area (Å²) in [4.78, 5) is 8.75. The van der Waals surface area contributed by atoms with Crippen molar-refractivity contribution in [1.29, 1.82) is 0 Å². The van der Waals surface area contributed by atoms with Crippen LogP contribution < -0.4 is 16.6 Å². The fraction of sp³-hybridized carbons (Fsp3) is 0.667. The first kappa shape index (κ1) is 14.7. The maximum atomic E-state index is 5.40. The van der Waals surface area contributed by atoms with Gasteiger partial charge in [-0.2, -0.15) is 0 Å². The van der Waals surface area contributed by atoms with Gasteiger partial charge in [0, 0.05) is 32.2 Å². The Kier molecular flexibility index (Phi) is 6.38. The van der Waals surface area contributed by atoms with Gasteiger partial charge in [0.2, 0.25) is 0 Å². The fourth-order valence-electron chi connectivity index (χ4n) is 1.48. The highest BCUT2D eigenvalue weighted by molar-refractivity contribution is 5.47. The van der Waals surface area contributed by atoms with E-state index >= 15 is 0 Å². The van der Waals surface area contributed by atoms with Gasteiger partial charge >= 0.3 is 0 Å². The number of methoxy groups -OCH3 is 1. The number of ether oxygens (including phenoxy) is 1. The number of nitrogens with one attached hydrogen (secondary N) is 2.